The molecule has 0 aliphatic heterocycles. The van der Waals surface area contributed by atoms with Gasteiger partial charge in [0.05, 0.1) is 11.0 Å². The number of aryl methyl sites for hydroxylation is 1. The van der Waals surface area contributed by atoms with Crippen molar-refractivity contribution >= 4 is 29.3 Å². The molecule has 1 atom stereocenters. The number of nitrogens with one attached hydrogen (secondary N) is 2. The van der Waals surface area contributed by atoms with Crippen molar-refractivity contribution in [2.24, 2.45) is 5.73 Å². The molecule has 160 valence electrons. The molecule has 0 saturated heterocycles. The van der Waals surface area contributed by atoms with Crippen LogP contribution in [0.4, 0.5) is 0 Å². The summed E-state index contributed by atoms with van der Waals surface area (Å²) in [7, 11) is 0. The van der Waals surface area contributed by atoms with Gasteiger partial charge in [0.1, 0.15) is 0 Å². The fourth-order valence-corrected chi connectivity index (χ4v) is 3.29. The van der Waals surface area contributed by atoms with Crippen LogP contribution in [0.5, 0.6) is 0 Å². The van der Waals surface area contributed by atoms with E-state index in [2.05, 4.69) is 36.3 Å². The van der Waals surface area contributed by atoms with Gasteiger partial charge in [-0.05, 0) is 42.2 Å². The maximum atomic E-state index is 12.5. The van der Waals surface area contributed by atoms with Gasteiger partial charge in [0.15, 0.2) is 0 Å². The number of benzene rings is 2. The number of nitrogens with two attached hydrogens (primary N) is 1. The Morgan fingerprint density at radius 2 is 1.73 bits per heavy atom. The fourth-order valence-electron chi connectivity index (χ4n) is 3.29. The Balaban J connectivity index is 0.00000320. The summed E-state index contributed by atoms with van der Waals surface area (Å²) in [6.07, 6.45) is 0. The predicted octanol–water partition coefficient (Wildman–Crippen LogP) is 2.68. The molecule has 2 aromatic carbocycles. The zero-order chi connectivity index (χ0) is 21.1. The van der Waals surface area contributed by atoms with Gasteiger partial charge in [-0.3, -0.25) is 14.4 Å². The highest BCUT2D eigenvalue weighted by Gasteiger charge is 2.13. The van der Waals surface area contributed by atoms with E-state index >= 15 is 0 Å². The van der Waals surface area contributed by atoms with E-state index in [1.54, 1.807) is 25.1 Å². The zero-order valence-corrected chi connectivity index (χ0v) is 18.1. The Bertz CT molecular complexity index is 1150. The summed E-state index contributed by atoms with van der Waals surface area (Å²) < 4.78 is 1.38. The van der Waals surface area contributed by atoms with Crippen LogP contribution in [0.3, 0.4) is 0 Å². The van der Waals surface area contributed by atoms with Crippen LogP contribution in [-0.2, 0) is 6.54 Å². The molecular weight excluding hydrogens is 404 g/mol. The molecule has 0 radical (unpaired) electrons. The topological polar surface area (TPSA) is 110 Å². The molecule has 0 bridgehead atoms. The summed E-state index contributed by atoms with van der Waals surface area (Å²) in [6, 6.07) is 12.6. The van der Waals surface area contributed by atoms with E-state index in [1.165, 1.54) is 10.1 Å². The van der Waals surface area contributed by atoms with E-state index in [1.807, 2.05) is 12.1 Å². The maximum absolute atomic E-state index is 12.5. The van der Waals surface area contributed by atoms with Crippen LogP contribution < -0.4 is 22.2 Å². The van der Waals surface area contributed by atoms with Gasteiger partial charge < -0.3 is 20.6 Å². The van der Waals surface area contributed by atoms with Crippen molar-refractivity contribution in [3.8, 4) is 0 Å². The van der Waals surface area contributed by atoms with Gasteiger partial charge in [-0.2, -0.15) is 0 Å². The van der Waals surface area contributed by atoms with Crippen LogP contribution in [0.15, 0.2) is 52.1 Å². The Morgan fingerprint density at radius 1 is 1.10 bits per heavy atom. The van der Waals surface area contributed by atoms with Gasteiger partial charge >= 0.3 is 11.1 Å². The van der Waals surface area contributed by atoms with E-state index in [-0.39, 0.29) is 30.9 Å². The van der Waals surface area contributed by atoms with Gasteiger partial charge in [-0.15, -0.1) is 12.4 Å². The molecule has 0 fully saturated rings. The third-order valence-electron chi connectivity index (χ3n) is 5.07. The SMILES string of the molecule is CCn1c(=O)c(=O)[nH]c2cc(C(=O)NCC(N)c3ccc(C(C)C)cc3)ccc21.Cl. The first-order chi connectivity index (χ1) is 13.8. The zero-order valence-electron chi connectivity index (χ0n) is 17.3. The molecule has 3 aromatic rings. The summed E-state index contributed by atoms with van der Waals surface area (Å²) in [5.74, 6) is 0.152. The van der Waals surface area contributed by atoms with Crippen molar-refractivity contribution in [2.75, 3.05) is 6.54 Å². The molecule has 0 aliphatic carbocycles. The number of H-pyrrole nitrogens is 1. The van der Waals surface area contributed by atoms with Gasteiger partial charge in [0.25, 0.3) is 5.91 Å². The summed E-state index contributed by atoms with van der Waals surface area (Å²) in [5, 5.41) is 2.83. The standard InChI is InChI=1S/C22H26N4O3.ClH/c1-4-26-19-10-9-16(11-18(19)25-21(28)22(26)29)20(27)24-12-17(23)15-7-5-14(6-8-15)13(2)3;/h5-11,13,17H,4,12,23H2,1-3H3,(H,24,27)(H,25,28);1H. The third-order valence-corrected chi connectivity index (χ3v) is 5.07. The molecule has 4 N–H and O–H groups in total. The summed E-state index contributed by atoms with van der Waals surface area (Å²) >= 11 is 0. The second kappa shape index (κ2) is 9.73. The second-order valence-corrected chi connectivity index (χ2v) is 7.37. The fraction of sp³-hybridized carbons (Fsp3) is 0.318. The van der Waals surface area contributed by atoms with Crippen LogP contribution in [-0.4, -0.2) is 22.0 Å². The van der Waals surface area contributed by atoms with E-state index in [9.17, 15) is 14.4 Å². The summed E-state index contributed by atoms with van der Waals surface area (Å²) in [4.78, 5) is 38.8. The molecule has 30 heavy (non-hydrogen) atoms. The number of rotatable bonds is 6. The minimum atomic E-state index is -0.705. The van der Waals surface area contributed by atoms with Gasteiger partial charge in [-0.1, -0.05) is 38.1 Å². The quantitative estimate of drug-likeness (QED) is 0.522. The lowest BCUT2D eigenvalue weighted by atomic mass is 9.99. The molecule has 1 aromatic heterocycles. The number of nitrogens with zero attached hydrogens (tertiary/aromatic N) is 1. The van der Waals surface area contributed by atoms with Crippen LogP contribution in [0.1, 0.15) is 54.2 Å². The highest BCUT2D eigenvalue weighted by molar-refractivity contribution is 5.97. The Labute approximate surface area is 180 Å². The number of hydrogen-bond donors (Lipinski definition) is 3. The molecule has 0 aliphatic rings. The largest absolute Gasteiger partial charge is 0.350 e. The maximum Gasteiger partial charge on any atom is 0.316 e. The number of aromatic nitrogens is 2. The van der Waals surface area contributed by atoms with E-state index in [4.69, 9.17) is 5.73 Å². The number of carbonyl (C=O) groups is 1. The minimum absolute atomic E-state index is 0. The number of aromatic amines is 1. The van der Waals surface area contributed by atoms with Crippen LogP contribution in [0.25, 0.3) is 11.0 Å². The number of amides is 1. The number of fused-ring (bicyclic) bond motifs is 1. The van der Waals surface area contributed by atoms with E-state index in [0.717, 1.165) is 5.56 Å². The molecule has 3 rings (SSSR count). The first-order valence-electron chi connectivity index (χ1n) is 9.72. The van der Waals surface area contributed by atoms with Gasteiger partial charge in [-0.25, -0.2) is 0 Å². The van der Waals surface area contributed by atoms with Gasteiger partial charge in [0.2, 0.25) is 0 Å². The molecule has 0 spiro atoms. The lowest BCUT2D eigenvalue weighted by molar-refractivity contribution is 0.0951. The smallest absolute Gasteiger partial charge is 0.316 e. The minimum Gasteiger partial charge on any atom is -0.350 e. The molecular formula is C22H27ClN4O3. The Morgan fingerprint density at radius 3 is 2.33 bits per heavy atom. The van der Waals surface area contributed by atoms with Crippen molar-refractivity contribution in [1.82, 2.24) is 14.9 Å². The number of hydrogen-bond acceptors (Lipinski definition) is 4. The summed E-state index contributed by atoms with van der Waals surface area (Å²) in [5.41, 5.74) is 8.50. The molecule has 1 heterocycles. The van der Waals surface area contributed by atoms with E-state index < -0.39 is 11.1 Å². The Hall–Kier alpha value is -2.90. The third kappa shape index (κ3) is 4.80. The normalized spacial score (nSPS) is 11.9. The molecule has 7 nitrogen and oxygen atoms in total. The van der Waals surface area contributed by atoms with E-state index in [0.29, 0.717) is 29.1 Å². The average molecular weight is 431 g/mol. The van der Waals surface area contributed by atoms with Crippen molar-refractivity contribution in [1.29, 1.82) is 0 Å². The first kappa shape index (κ1) is 23.4. The first-order valence-corrected chi connectivity index (χ1v) is 9.72. The highest BCUT2D eigenvalue weighted by atomic mass is 35.5. The van der Waals surface area contributed by atoms with Crippen LogP contribution >= 0.6 is 12.4 Å². The second-order valence-electron chi connectivity index (χ2n) is 7.37. The van der Waals surface area contributed by atoms with Crippen molar-refractivity contribution in [3.63, 3.8) is 0 Å². The summed E-state index contributed by atoms with van der Waals surface area (Å²) in [6.45, 7) is 6.70. The molecule has 1 unspecified atom stereocenters. The van der Waals surface area contributed by atoms with Crippen LogP contribution in [0, 0.1) is 0 Å². The van der Waals surface area contributed by atoms with Crippen molar-refractivity contribution < 1.29 is 4.79 Å². The lowest BCUT2D eigenvalue weighted by Crippen LogP contribution is -2.36. The number of carbonyl (C=O) groups excluding carboxylic acids is 1. The molecule has 0 saturated carbocycles. The van der Waals surface area contributed by atoms with Crippen LogP contribution in [0.2, 0.25) is 0 Å². The van der Waals surface area contributed by atoms with Gasteiger partial charge in [0, 0.05) is 24.7 Å². The monoisotopic (exact) mass is 430 g/mol. The predicted molar refractivity (Wildman–Crippen MR) is 122 cm³/mol. The Kier molecular flexibility index (Phi) is 7.59. The van der Waals surface area contributed by atoms with Crippen molar-refractivity contribution in [3.05, 3.63) is 79.9 Å². The molecule has 8 heteroatoms. The van der Waals surface area contributed by atoms with Crippen molar-refractivity contribution in [2.45, 2.75) is 39.3 Å². The average Bonchev–Trinajstić information content (AvgIpc) is 2.72. The lowest BCUT2D eigenvalue weighted by Gasteiger charge is -2.15. The number of halogens is 1. The molecule has 1 amide bonds. The highest BCUT2D eigenvalue weighted by Crippen LogP contribution is 2.18.